The van der Waals surface area contributed by atoms with E-state index < -0.39 is 17.6 Å². The summed E-state index contributed by atoms with van der Waals surface area (Å²) in [5, 5.41) is 8.69. The number of ether oxygens (including phenoxy) is 4. The Morgan fingerprint density at radius 2 is 1.89 bits per heavy atom. The van der Waals surface area contributed by atoms with Gasteiger partial charge in [0.1, 0.15) is 18.7 Å². The van der Waals surface area contributed by atoms with Gasteiger partial charge in [0, 0.05) is 37.9 Å². The Hall–Kier alpha value is -4.52. The number of fused-ring (bicyclic) bond motifs is 1. The molecule has 13 heteroatoms. The van der Waals surface area contributed by atoms with Crippen LogP contribution < -0.4 is 24.8 Å². The molecule has 0 spiro atoms. The number of hydrogen-bond donors (Lipinski definition) is 2. The minimum atomic E-state index is -3.20. The van der Waals surface area contributed by atoms with Gasteiger partial charge in [-0.15, -0.1) is 0 Å². The maximum absolute atomic E-state index is 13.3. The van der Waals surface area contributed by atoms with E-state index in [0.29, 0.717) is 54.0 Å². The molecule has 11 nitrogen and oxygen atoms in total. The zero-order valence-electron chi connectivity index (χ0n) is 20.1. The van der Waals surface area contributed by atoms with Crippen LogP contribution in [0.2, 0.25) is 0 Å². The van der Waals surface area contributed by atoms with Crippen molar-refractivity contribution >= 4 is 28.5 Å². The van der Waals surface area contributed by atoms with Crippen LogP contribution in [-0.2, 0) is 10.7 Å². The molecule has 2 amide bonds. The van der Waals surface area contributed by atoms with Gasteiger partial charge < -0.3 is 28.8 Å². The van der Waals surface area contributed by atoms with Crippen molar-refractivity contribution in [2.45, 2.75) is 12.8 Å². The number of halogens is 2. The monoisotopic (exact) mass is 515 g/mol. The lowest BCUT2D eigenvalue weighted by molar-refractivity contribution is 0.00974. The van der Waals surface area contributed by atoms with Crippen molar-refractivity contribution in [2.75, 3.05) is 38.1 Å². The first-order valence-corrected chi connectivity index (χ1v) is 10.9. The number of hydrogen-bond acceptors (Lipinski definition) is 9. The van der Waals surface area contributed by atoms with E-state index in [4.69, 9.17) is 23.5 Å². The highest BCUT2D eigenvalue weighted by molar-refractivity contribution is 5.99. The second-order valence-electron chi connectivity index (χ2n) is 7.71. The topological polar surface area (TPSA) is 130 Å². The van der Waals surface area contributed by atoms with Crippen molar-refractivity contribution in [1.82, 2.24) is 15.1 Å². The van der Waals surface area contributed by atoms with Crippen LogP contribution in [-0.4, -0.2) is 48.6 Å². The average molecular weight is 515 g/mol. The summed E-state index contributed by atoms with van der Waals surface area (Å²) >= 11 is 0. The number of benzene rings is 2. The first-order chi connectivity index (χ1) is 17.8. The molecule has 0 unspecified atom stereocenters. The number of carbonyl (C=O) groups is 1. The van der Waals surface area contributed by atoms with Crippen molar-refractivity contribution in [1.29, 1.82) is 0 Å². The van der Waals surface area contributed by atoms with Gasteiger partial charge >= 0.3 is 6.03 Å². The molecule has 0 atom stereocenters. The summed E-state index contributed by atoms with van der Waals surface area (Å²) in [6.07, 6.45) is 1.35. The molecular weight excluding hydrogens is 492 g/mol. The molecule has 194 valence electrons. The van der Waals surface area contributed by atoms with E-state index in [1.54, 1.807) is 43.5 Å². The van der Waals surface area contributed by atoms with Gasteiger partial charge in [-0.2, -0.15) is 8.78 Å². The highest BCUT2D eigenvalue weighted by Gasteiger charge is 2.29. The molecular formula is C24H23F2N5O6. The van der Waals surface area contributed by atoms with Crippen LogP contribution in [0.3, 0.4) is 0 Å². The van der Waals surface area contributed by atoms with Crippen molar-refractivity contribution in [3.63, 3.8) is 0 Å². The maximum atomic E-state index is 13.3. The summed E-state index contributed by atoms with van der Waals surface area (Å²) in [5.74, 6) is -1.84. The first kappa shape index (κ1) is 25.6. The van der Waals surface area contributed by atoms with Gasteiger partial charge in [-0.05, 0) is 18.2 Å². The number of nitrogens with one attached hydrogen (secondary N) is 2. The van der Waals surface area contributed by atoms with E-state index in [2.05, 4.69) is 25.8 Å². The van der Waals surface area contributed by atoms with Gasteiger partial charge in [0.15, 0.2) is 17.2 Å². The zero-order chi connectivity index (χ0) is 26.4. The molecule has 4 rings (SSSR count). The zero-order valence-corrected chi connectivity index (χ0v) is 20.1. The summed E-state index contributed by atoms with van der Waals surface area (Å²) in [5.41, 5.74) is 0.330. The Bertz CT molecular complexity index is 1390. The van der Waals surface area contributed by atoms with Gasteiger partial charge in [-0.3, -0.25) is 5.32 Å². The Morgan fingerprint density at radius 1 is 1.05 bits per heavy atom. The van der Waals surface area contributed by atoms with Crippen molar-refractivity contribution in [3.8, 4) is 23.1 Å². The van der Waals surface area contributed by atoms with Crippen LogP contribution in [0.25, 0.3) is 10.9 Å². The van der Waals surface area contributed by atoms with Crippen molar-refractivity contribution in [3.05, 3.63) is 54.5 Å². The van der Waals surface area contributed by atoms with Gasteiger partial charge in [-0.1, -0.05) is 11.2 Å². The molecule has 2 aromatic heterocycles. The number of urea groups is 1. The highest BCUT2D eigenvalue weighted by Crippen LogP contribution is 2.36. The lowest BCUT2D eigenvalue weighted by Gasteiger charge is -2.13. The fourth-order valence-corrected chi connectivity index (χ4v) is 3.19. The molecule has 2 N–H and O–H groups in total. The molecule has 0 aliphatic rings. The van der Waals surface area contributed by atoms with Crippen LogP contribution in [0, 0.1) is 0 Å². The third kappa shape index (κ3) is 6.38. The summed E-state index contributed by atoms with van der Waals surface area (Å²) < 4.78 is 53.5. The summed E-state index contributed by atoms with van der Waals surface area (Å²) in [4.78, 5) is 20.8. The Kier molecular flexibility index (Phi) is 7.63. The average Bonchev–Trinajstić information content (AvgIpc) is 3.33. The normalized spacial score (nSPS) is 11.3. The summed E-state index contributed by atoms with van der Waals surface area (Å²) in [7, 11) is 3.10. The van der Waals surface area contributed by atoms with E-state index in [-0.39, 0.29) is 11.8 Å². The fraction of sp³-hybridized carbons (Fsp3) is 0.250. The Balaban J connectivity index is 1.49. The molecule has 0 saturated carbocycles. The highest BCUT2D eigenvalue weighted by atomic mass is 19.3. The standard InChI is InChI=1S/C24H23F2N5O6/c1-24(25,26)20-12-21(37-31-20)30-23(32)29-14-5-4-6-15(9-14)36-22-16-10-18(34-3)19(35-8-7-33-2)11-17(16)27-13-28-22/h4-6,9-13H,7-8H2,1-3H3,(H2,29,30,32). The van der Waals surface area contributed by atoms with Crippen molar-refractivity contribution in [2.24, 2.45) is 0 Å². The maximum Gasteiger partial charge on any atom is 0.326 e. The van der Waals surface area contributed by atoms with Gasteiger partial charge in [0.05, 0.1) is 24.6 Å². The number of amides is 2. The number of rotatable bonds is 10. The fourth-order valence-electron chi connectivity index (χ4n) is 3.19. The summed E-state index contributed by atoms with van der Waals surface area (Å²) in [6.45, 7) is 1.42. The minimum Gasteiger partial charge on any atom is -0.493 e. The largest absolute Gasteiger partial charge is 0.493 e. The number of methoxy groups -OCH3 is 2. The van der Waals surface area contributed by atoms with E-state index >= 15 is 0 Å². The predicted octanol–water partition coefficient (Wildman–Crippen LogP) is 5.20. The molecule has 0 radical (unpaired) electrons. The van der Waals surface area contributed by atoms with Crippen LogP contribution in [0.4, 0.5) is 25.1 Å². The van der Waals surface area contributed by atoms with E-state index in [1.807, 2.05) is 0 Å². The van der Waals surface area contributed by atoms with E-state index in [9.17, 15) is 13.6 Å². The Labute approximate surface area is 209 Å². The van der Waals surface area contributed by atoms with Gasteiger partial charge in [0.25, 0.3) is 5.92 Å². The SMILES string of the molecule is COCCOc1cc2ncnc(Oc3cccc(NC(=O)Nc4cc(C(C)(F)F)no4)c3)c2cc1OC. The number of anilines is 2. The molecule has 2 aromatic carbocycles. The molecule has 0 aliphatic heterocycles. The van der Waals surface area contributed by atoms with E-state index in [0.717, 1.165) is 6.07 Å². The number of alkyl halides is 2. The minimum absolute atomic E-state index is 0.228. The molecule has 0 fully saturated rings. The van der Waals surface area contributed by atoms with Crippen LogP contribution >= 0.6 is 0 Å². The molecule has 2 heterocycles. The first-order valence-electron chi connectivity index (χ1n) is 10.9. The van der Waals surface area contributed by atoms with Crippen molar-refractivity contribution < 1.29 is 37.0 Å². The van der Waals surface area contributed by atoms with Gasteiger partial charge in [-0.25, -0.2) is 14.8 Å². The molecule has 0 saturated heterocycles. The van der Waals surface area contributed by atoms with Crippen LogP contribution in [0.1, 0.15) is 12.6 Å². The third-order valence-electron chi connectivity index (χ3n) is 4.93. The van der Waals surface area contributed by atoms with Crippen LogP contribution in [0.5, 0.6) is 23.1 Å². The number of aromatic nitrogens is 3. The van der Waals surface area contributed by atoms with E-state index in [1.165, 1.54) is 13.4 Å². The number of nitrogens with zero attached hydrogens (tertiary/aromatic N) is 3. The second kappa shape index (κ2) is 11.0. The van der Waals surface area contributed by atoms with Gasteiger partial charge in [0.2, 0.25) is 11.8 Å². The smallest absolute Gasteiger partial charge is 0.326 e. The molecule has 37 heavy (non-hydrogen) atoms. The number of carbonyl (C=O) groups excluding carboxylic acids is 1. The lowest BCUT2D eigenvalue weighted by Crippen LogP contribution is -2.19. The van der Waals surface area contributed by atoms with Crippen LogP contribution in [0.15, 0.2) is 53.3 Å². The molecule has 0 bridgehead atoms. The quantitative estimate of drug-likeness (QED) is 0.274. The Morgan fingerprint density at radius 3 is 2.62 bits per heavy atom. The molecule has 4 aromatic rings. The molecule has 0 aliphatic carbocycles. The third-order valence-corrected chi connectivity index (χ3v) is 4.93. The predicted molar refractivity (Wildman–Crippen MR) is 129 cm³/mol. The lowest BCUT2D eigenvalue weighted by atomic mass is 10.2. The summed E-state index contributed by atoms with van der Waals surface area (Å²) in [6, 6.07) is 10.1. The second-order valence-corrected chi connectivity index (χ2v) is 7.71.